The van der Waals surface area contributed by atoms with E-state index in [0.717, 1.165) is 67.1 Å². The lowest BCUT2D eigenvalue weighted by Crippen LogP contribution is -2.10. The van der Waals surface area contributed by atoms with Crippen molar-refractivity contribution >= 4 is 54.6 Å². The Balaban J connectivity index is 1.26. The Labute approximate surface area is 301 Å². The number of aromatic amines is 1. The minimum absolute atomic E-state index is 0.0191. The summed E-state index contributed by atoms with van der Waals surface area (Å²) < 4.78 is 4.66. The first kappa shape index (κ1) is 30.4. The summed E-state index contributed by atoms with van der Waals surface area (Å²) in [6.45, 7) is 8.98. The maximum absolute atomic E-state index is 5.56. The molecule has 0 saturated carbocycles. The predicted molar refractivity (Wildman–Crippen MR) is 217 cm³/mol. The molecule has 10 aromatic rings. The summed E-state index contributed by atoms with van der Waals surface area (Å²) in [5, 5.41) is 4.83. The Bertz CT molecular complexity index is 3010. The normalized spacial score (nSPS) is 12.2. The van der Waals surface area contributed by atoms with Crippen LogP contribution in [0.5, 0.6) is 0 Å². The first-order chi connectivity index (χ1) is 25.3. The number of aromatic nitrogens is 5. The molecule has 5 heteroatoms. The fourth-order valence-corrected chi connectivity index (χ4v) is 8.02. The Kier molecular flexibility index (Phi) is 6.58. The largest absolute Gasteiger partial charge is 0.354 e. The number of hydrogen-bond donors (Lipinski definition) is 1. The van der Waals surface area contributed by atoms with E-state index < -0.39 is 0 Å². The number of nitrogens with zero attached hydrogens (tertiary/aromatic N) is 4. The van der Waals surface area contributed by atoms with Gasteiger partial charge in [0, 0.05) is 44.4 Å². The van der Waals surface area contributed by atoms with E-state index in [-0.39, 0.29) is 5.41 Å². The highest BCUT2D eigenvalue weighted by Gasteiger charge is 2.23. The molecule has 5 nitrogen and oxygen atoms in total. The first-order valence-corrected chi connectivity index (χ1v) is 17.9. The third-order valence-electron chi connectivity index (χ3n) is 10.6. The van der Waals surface area contributed by atoms with E-state index in [4.69, 9.17) is 9.97 Å². The second-order valence-corrected chi connectivity index (χ2v) is 14.9. The molecule has 0 saturated heterocycles. The van der Waals surface area contributed by atoms with E-state index in [2.05, 4.69) is 175 Å². The minimum Gasteiger partial charge on any atom is -0.354 e. The molecule has 0 radical (unpaired) electrons. The lowest BCUT2D eigenvalue weighted by Gasteiger charge is -2.19. The molecule has 4 aromatic heterocycles. The van der Waals surface area contributed by atoms with Gasteiger partial charge in [0.05, 0.1) is 33.3 Å². The zero-order valence-electron chi connectivity index (χ0n) is 29.6. The second kappa shape index (κ2) is 11.3. The van der Waals surface area contributed by atoms with Gasteiger partial charge in [0.1, 0.15) is 11.6 Å². The van der Waals surface area contributed by atoms with Crippen molar-refractivity contribution in [2.45, 2.75) is 33.1 Å². The molecule has 52 heavy (non-hydrogen) atoms. The highest BCUT2D eigenvalue weighted by Crippen LogP contribution is 2.41. The molecule has 0 bridgehead atoms. The number of pyridine rings is 1. The van der Waals surface area contributed by atoms with Crippen molar-refractivity contribution in [1.29, 1.82) is 0 Å². The predicted octanol–water partition coefficient (Wildman–Crippen LogP) is 12.1. The third kappa shape index (κ3) is 4.55. The molecule has 1 N–H and O–H groups in total. The molecule has 0 aliphatic heterocycles. The van der Waals surface area contributed by atoms with E-state index in [1.54, 1.807) is 0 Å². The summed E-state index contributed by atoms with van der Waals surface area (Å²) in [4.78, 5) is 14.1. The SMILES string of the molecule is Cc1ccccc1-n1c(-c2cccc3c2[nH]c2ccccc23)nc2c(-c3ccc4c5ccc(C(C)(C)C)cc5n(-c5ccccn5)c4c3)cccc21. The Hall–Kier alpha value is -6.46. The number of benzene rings is 6. The van der Waals surface area contributed by atoms with Crippen molar-refractivity contribution in [3.05, 3.63) is 157 Å². The van der Waals surface area contributed by atoms with Gasteiger partial charge in [-0.2, -0.15) is 0 Å². The van der Waals surface area contributed by atoms with Crippen LogP contribution in [0.4, 0.5) is 0 Å². The fourth-order valence-electron chi connectivity index (χ4n) is 8.02. The monoisotopic (exact) mass is 671 g/mol. The maximum atomic E-state index is 5.56. The lowest BCUT2D eigenvalue weighted by atomic mass is 9.86. The van der Waals surface area contributed by atoms with Crippen LogP contribution >= 0.6 is 0 Å². The molecule has 0 fully saturated rings. The van der Waals surface area contributed by atoms with Crippen LogP contribution in [-0.2, 0) is 5.41 Å². The van der Waals surface area contributed by atoms with Crippen LogP contribution in [0.25, 0.3) is 88.7 Å². The highest BCUT2D eigenvalue weighted by molar-refractivity contribution is 6.13. The number of imidazole rings is 1. The van der Waals surface area contributed by atoms with Crippen LogP contribution < -0.4 is 0 Å². The lowest BCUT2D eigenvalue weighted by molar-refractivity contribution is 0.591. The van der Waals surface area contributed by atoms with Crippen LogP contribution in [0.15, 0.2) is 146 Å². The van der Waals surface area contributed by atoms with E-state index in [0.29, 0.717) is 0 Å². The zero-order chi connectivity index (χ0) is 35.1. The molecular formula is C47H37N5. The van der Waals surface area contributed by atoms with Crippen molar-refractivity contribution in [2.75, 3.05) is 0 Å². The van der Waals surface area contributed by atoms with Gasteiger partial charge in [-0.1, -0.05) is 112 Å². The Morgan fingerprint density at radius 1 is 0.577 bits per heavy atom. The van der Waals surface area contributed by atoms with Gasteiger partial charge in [0.2, 0.25) is 0 Å². The van der Waals surface area contributed by atoms with Crippen LogP contribution in [0.1, 0.15) is 31.9 Å². The van der Waals surface area contributed by atoms with E-state index in [9.17, 15) is 0 Å². The first-order valence-electron chi connectivity index (χ1n) is 17.9. The van der Waals surface area contributed by atoms with Crippen molar-refractivity contribution in [3.8, 4) is 34.0 Å². The van der Waals surface area contributed by atoms with Crippen LogP contribution in [0, 0.1) is 6.92 Å². The fraction of sp³-hybridized carbons (Fsp3) is 0.106. The van der Waals surface area contributed by atoms with Gasteiger partial charge >= 0.3 is 0 Å². The molecule has 0 atom stereocenters. The number of aryl methyl sites for hydroxylation is 1. The summed E-state index contributed by atoms with van der Waals surface area (Å²) >= 11 is 0. The van der Waals surface area contributed by atoms with Gasteiger partial charge in [0.25, 0.3) is 0 Å². The average molecular weight is 672 g/mol. The van der Waals surface area contributed by atoms with Crippen molar-refractivity contribution in [2.24, 2.45) is 0 Å². The number of hydrogen-bond acceptors (Lipinski definition) is 2. The van der Waals surface area contributed by atoms with Crippen molar-refractivity contribution in [3.63, 3.8) is 0 Å². The topological polar surface area (TPSA) is 51.4 Å². The average Bonchev–Trinajstić information content (AvgIpc) is 3.84. The maximum Gasteiger partial charge on any atom is 0.147 e. The molecule has 6 aromatic carbocycles. The molecular weight excluding hydrogens is 635 g/mol. The summed E-state index contributed by atoms with van der Waals surface area (Å²) in [6.07, 6.45) is 1.87. The van der Waals surface area contributed by atoms with Gasteiger partial charge in [-0.05, 0) is 77.6 Å². The minimum atomic E-state index is 0.0191. The van der Waals surface area contributed by atoms with Crippen molar-refractivity contribution in [1.82, 2.24) is 24.1 Å². The number of nitrogens with one attached hydrogen (secondary N) is 1. The molecule has 4 heterocycles. The number of fused-ring (bicyclic) bond motifs is 7. The smallest absolute Gasteiger partial charge is 0.147 e. The van der Waals surface area contributed by atoms with Gasteiger partial charge in [0.15, 0.2) is 0 Å². The molecule has 0 amide bonds. The second-order valence-electron chi connectivity index (χ2n) is 14.9. The summed E-state index contributed by atoms with van der Waals surface area (Å²) in [5.41, 5.74) is 13.4. The standard InChI is InChI=1S/C47H37N5/c1-29-13-5-8-19-39(29)52-40-20-12-15-32(45(40)50-46(52)37-17-11-16-36-33-14-6-7-18-38(33)49-44(36)37)30-22-24-34-35-25-23-31(47(2,3)4)28-42(35)51(41(34)27-30)43-21-9-10-26-48-43/h5-28,49H,1-4H3. The molecule has 0 spiro atoms. The number of para-hydroxylation sites is 4. The molecule has 10 rings (SSSR count). The van der Waals surface area contributed by atoms with E-state index in [1.807, 2.05) is 12.3 Å². The zero-order valence-corrected chi connectivity index (χ0v) is 29.6. The van der Waals surface area contributed by atoms with Crippen LogP contribution in [0.3, 0.4) is 0 Å². The van der Waals surface area contributed by atoms with E-state index >= 15 is 0 Å². The Morgan fingerprint density at radius 2 is 1.31 bits per heavy atom. The molecule has 0 aliphatic carbocycles. The summed E-state index contributed by atoms with van der Waals surface area (Å²) in [5.74, 6) is 1.81. The van der Waals surface area contributed by atoms with Crippen LogP contribution in [-0.4, -0.2) is 24.1 Å². The number of rotatable bonds is 4. The summed E-state index contributed by atoms with van der Waals surface area (Å²) in [7, 11) is 0. The third-order valence-corrected chi connectivity index (χ3v) is 10.6. The Morgan fingerprint density at radius 3 is 2.13 bits per heavy atom. The summed E-state index contributed by atoms with van der Waals surface area (Å²) in [6, 6.07) is 50.1. The molecule has 250 valence electrons. The quantitative estimate of drug-likeness (QED) is 0.202. The van der Waals surface area contributed by atoms with Crippen LogP contribution in [0.2, 0.25) is 0 Å². The van der Waals surface area contributed by atoms with Gasteiger partial charge in [-0.15, -0.1) is 0 Å². The van der Waals surface area contributed by atoms with Gasteiger partial charge in [-0.25, -0.2) is 9.97 Å². The van der Waals surface area contributed by atoms with Crippen molar-refractivity contribution < 1.29 is 0 Å². The van der Waals surface area contributed by atoms with E-state index in [1.165, 1.54) is 32.7 Å². The highest BCUT2D eigenvalue weighted by atomic mass is 15.1. The number of H-pyrrole nitrogens is 1. The molecule has 0 unspecified atom stereocenters. The van der Waals surface area contributed by atoms with Gasteiger partial charge in [-0.3, -0.25) is 9.13 Å². The van der Waals surface area contributed by atoms with Gasteiger partial charge < -0.3 is 4.98 Å². The molecule has 0 aliphatic rings.